The summed E-state index contributed by atoms with van der Waals surface area (Å²) in [5, 5.41) is 0. The highest BCUT2D eigenvalue weighted by atomic mass is 32.2. The number of hydrogen-bond donors (Lipinski definition) is 1. The lowest BCUT2D eigenvalue weighted by Gasteiger charge is -2.29. The summed E-state index contributed by atoms with van der Waals surface area (Å²) in [5.41, 5.74) is 1.55. The van der Waals surface area contributed by atoms with Crippen molar-refractivity contribution in [2.75, 3.05) is 29.4 Å². The van der Waals surface area contributed by atoms with E-state index < -0.39 is 10.0 Å². The van der Waals surface area contributed by atoms with Gasteiger partial charge in [-0.2, -0.15) is 0 Å². The van der Waals surface area contributed by atoms with Gasteiger partial charge >= 0.3 is 0 Å². The van der Waals surface area contributed by atoms with Gasteiger partial charge in [-0.3, -0.25) is 9.52 Å². The Kier molecular flexibility index (Phi) is 5.27. The van der Waals surface area contributed by atoms with Crippen LogP contribution in [0.15, 0.2) is 41.3 Å². The number of fused-ring (bicyclic) bond motifs is 1. The molecule has 3 rings (SSSR count). The predicted molar refractivity (Wildman–Crippen MR) is 103 cm³/mol. The maximum atomic E-state index is 12.9. The molecule has 2 aromatic carbocycles. The molecule has 1 heterocycles. The second-order valence-electron chi connectivity index (χ2n) is 6.17. The van der Waals surface area contributed by atoms with Gasteiger partial charge in [0, 0.05) is 18.7 Å². The van der Waals surface area contributed by atoms with E-state index in [1.54, 1.807) is 42.2 Å². The van der Waals surface area contributed by atoms with Crippen LogP contribution >= 0.6 is 0 Å². The summed E-state index contributed by atoms with van der Waals surface area (Å²) in [7, 11) is -3.81. The highest BCUT2D eigenvalue weighted by Crippen LogP contribution is 2.36. The van der Waals surface area contributed by atoms with E-state index in [1.165, 1.54) is 13.0 Å². The number of carbonyl (C=O) groups is 1. The molecule has 0 aromatic heterocycles. The van der Waals surface area contributed by atoms with Crippen molar-refractivity contribution in [3.05, 3.63) is 42.0 Å². The van der Waals surface area contributed by atoms with Crippen molar-refractivity contribution in [1.82, 2.24) is 0 Å². The van der Waals surface area contributed by atoms with E-state index in [9.17, 15) is 13.2 Å². The SMILES string of the molecule is CCOc1ccc(NS(=O)(=O)c2cc3c(cc2C)N(C(C)=O)CCO3)cc1. The van der Waals surface area contributed by atoms with Gasteiger partial charge in [-0.05, 0) is 49.7 Å². The first-order chi connectivity index (χ1) is 12.8. The molecule has 0 fully saturated rings. The van der Waals surface area contributed by atoms with Crippen molar-refractivity contribution < 1.29 is 22.7 Å². The van der Waals surface area contributed by atoms with Crippen LogP contribution in [-0.2, 0) is 14.8 Å². The van der Waals surface area contributed by atoms with Crippen LogP contribution < -0.4 is 19.1 Å². The van der Waals surface area contributed by atoms with Gasteiger partial charge < -0.3 is 14.4 Å². The first-order valence-corrected chi connectivity index (χ1v) is 10.1. The number of anilines is 2. The molecule has 0 atom stereocenters. The Morgan fingerprint density at radius 3 is 2.59 bits per heavy atom. The third-order valence-electron chi connectivity index (χ3n) is 4.21. The van der Waals surface area contributed by atoms with Gasteiger partial charge in [0.15, 0.2) is 0 Å². The third kappa shape index (κ3) is 4.00. The van der Waals surface area contributed by atoms with E-state index in [1.807, 2.05) is 6.92 Å². The summed E-state index contributed by atoms with van der Waals surface area (Å²) in [6.07, 6.45) is 0. The largest absolute Gasteiger partial charge is 0.494 e. The fraction of sp³-hybridized carbons (Fsp3) is 0.316. The van der Waals surface area contributed by atoms with Gasteiger partial charge in [0.2, 0.25) is 5.91 Å². The van der Waals surface area contributed by atoms with Crippen molar-refractivity contribution >= 4 is 27.3 Å². The fourth-order valence-corrected chi connectivity index (χ4v) is 4.26. The molecule has 0 spiro atoms. The van der Waals surface area contributed by atoms with E-state index >= 15 is 0 Å². The van der Waals surface area contributed by atoms with E-state index in [0.717, 1.165) is 0 Å². The molecule has 144 valence electrons. The van der Waals surface area contributed by atoms with Crippen LogP contribution in [0.25, 0.3) is 0 Å². The number of nitrogens with one attached hydrogen (secondary N) is 1. The topological polar surface area (TPSA) is 84.9 Å². The van der Waals surface area contributed by atoms with Gasteiger partial charge in [0.05, 0.1) is 23.7 Å². The maximum Gasteiger partial charge on any atom is 0.262 e. The molecule has 0 saturated heterocycles. The lowest BCUT2D eigenvalue weighted by Crippen LogP contribution is -2.36. The first-order valence-electron chi connectivity index (χ1n) is 8.63. The van der Waals surface area contributed by atoms with E-state index in [0.29, 0.717) is 48.2 Å². The van der Waals surface area contributed by atoms with Crippen molar-refractivity contribution in [2.24, 2.45) is 0 Å². The van der Waals surface area contributed by atoms with Crippen molar-refractivity contribution in [2.45, 2.75) is 25.7 Å². The second-order valence-corrected chi connectivity index (χ2v) is 7.82. The summed E-state index contributed by atoms with van der Waals surface area (Å²) in [6, 6.07) is 9.83. The van der Waals surface area contributed by atoms with E-state index in [4.69, 9.17) is 9.47 Å². The van der Waals surface area contributed by atoms with Crippen LogP contribution in [0.1, 0.15) is 19.4 Å². The number of carbonyl (C=O) groups excluding carboxylic acids is 1. The molecule has 1 amide bonds. The quantitative estimate of drug-likeness (QED) is 0.848. The van der Waals surface area contributed by atoms with Crippen LogP contribution in [0.2, 0.25) is 0 Å². The Hall–Kier alpha value is -2.74. The maximum absolute atomic E-state index is 12.9. The van der Waals surface area contributed by atoms with E-state index in [-0.39, 0.29) is 10.8 Å². The molecular formula is C19H22N2O5S. The average Bonchev–Trinajstić information content (AvgIpc) is 2.62. The number of hydrogen-bond acceptors (Lipinski definition) is 5. The molecule has 2 aromatic rings. The number of nitrogens with zero attached hydrogens (tertiary/aromatic N) is 1. The van der Waals surface area contributed by atoms with Crippen LogP contribution in [0.3, 0.4) is 0 Å². The highest BCUT2D eigenvalue weighted by Gasteiger charge is 2.26. The van der Waals surface area contributed by atoms with Crippen LogP contribution in [-0.4, -0.2) is 34.1 Å². The molecule has 7 nitrogen and oxygen atoms in total. The number of amides is 1. The zero-order chi connectivity index (χ0) is 19.6. The van der Waals surface area contributed by atoms with Gasteiger partial charge in [0.25, 0.3) is 10.0 Å². The van der Waals surface area contributed by atoms with Crippen LogP contribution in [0.4, 0.5) is 11.4 Å². The number of benzene rings is 2. The molecule has 0 radical (unpaired) electrons. The minimum absolute atomic E-state index is 0.109. The smallest absolute Gasteiger partial charge is 0.262 e. The monoisotopic (exact) mass is 390 g/mol. The van der Waals surface area contributed by atoms with Crippen molar-refractivity contribution in [3.63, 3.8) is 0 Å². The normalized spacial score (nSPS) is 13.5. The van der Waals surface area contributed by atoms with E-state index in [2.05, 4.69) is 4.72 Å². The van der Waals surface area contributed by atoms with Crippen molar-refractivity contribution in [1.29, 1.82) is 0 Å². The minimum Gasteiger partial charge on any atom is -0.494 e. The Morgan fingerprint density at radius 1 is 1.26 bits per heavy atom. The highest BCUT2D eigenvalue weighted by molar-refractivity contribution is 7.92. The van der Waals surface area contributed by atoms with Gasteiger partial charge in [-0.25, -0.2) is 8.42 Å². The molecule has 0 aliphatic carbocycles. The Morgan fingerprint density at radius 2 is 1.96 bits per heavy atom. The van der Waals surface area contributed by atoms with Crippen LogP contribution in [0.5, 0.6) is 11.5 Å². The Balaban J connectivity index is 1.91. The van der Waals surface area contributed by atoms with Gasteiger partial charge in [-0.15, -0.1) is 0 Å². The molecule has 0 bridgehead atoms. The lowest BCUT2D eigenvalue weighted by atomic mass is 10.1. The standard InChI is InChI=1S/C19H22N2O5S/c1-4-25-16-7-5-15(6-8-16)20-27(23,24)19-12-18-17(11-13(19)2)21(14(3)22)9-10-26-18/h5-8,11-12,20H,4,9-10H2,1-3H3. The molecule has 0 saturated carbocycles. The number of rotatable bonds is 5. The Bertz CT molecular complexity index is 955. The second kappa shape index (κ2) is 7.48. The predicted octanol–water partition coefficient (Wildman–Crippen LogP) is 2.94. The third-order valence-corrected chi connectivity index (χ3v) is 5.73. The average molecular weight is 390 g/mol. The molecule has 1 N–H and O–H groups in total. The summed E-state index contributed by atoms with van der Waals surface area (Å²) in [5.74, 6) is 0.944. The number of ether oxygens (including phenoxy) is 2. The summed E-state index contributed by atoms with van der Waals surface area (Å²) in [4.78, 5) is 13.5. The summed E-state index contributed by atoms with van der Waals surface area (Å²) >= 11 is 0. The van der Waals surface area contributed by atoms with Crippen molar-refractivity contribution in [3.8, 4) is 11.5 Å². The van der Waals surface area contributed by atoms with Crippen LogP contribution in [0, 0.1) is 6.92 Å². The molecular weight excluding hydrogens is 368 g/mol. The molecule has 1 aliphatic rings. The van der Waals surface area contributed by atoms with Gasteiger partial charge in [-0.1, -0.05) is 0 Å². The molecule has 1 aliphatic heterocycles. The molecule has 0 unspecified atom stereocenters. The molecule has 27 heavy (non-hydrogen) atoms. The number of sulfonamides is 1. The fourth-order valence-electron chi connectivity index (χ4n) is 2.96. The zero-order valence-corrected chi connectivity index (χ0v) is 16.3. The summed E-state index contributed by atoms with van der Waals surface area (Å²) in [6.45, 7) is 6.35. The lowest BCUT2D eigenvalue weighted by molar-refractivity contribution is -0.116. The summed E-state index contributed by atoms with van der Waals surface area (Å²) < 4.78 is 39.2. The molecule has 8 heteroatoms. The van der Waals surface area contributed by atoms with Gasteiger partial charge in [0.1, 0.15) is 18.1 Å². The first kappa shape index (κ1) is 19.0. The number of aryl methyl sites for hydroxylation is 1. The minimum atomic E-state index is -3.81. The Labute approximate surface area is 158 Å². The zero-order valence-electron chi connectivity index (χ0n) is 15.5.